The van der Waals surface area contributed by atoms with Crippen molar-refractivity contribution in [2.24, 2.45) is 12.0 Å². The first-order valence-electron chi connectivity index (χ1n) is 8.92. The lowest BCUT2D eigenvalue weighted by Crippen LogP contribution is -2.55. The zero-order valence-electron chi connectivity index (χ0n) is 16.0. The van der Waals surface area contributed by atoms with E-state index in [1.165, 1.54) is 0 Å². The molecule has 9 heteroatoms. The molecule has 1 aliphatic rings. The Morgan fingerprint density at radius 2 is 2.21 bits per heavy atom. The predicted molar refractivity (Wildman–Crippen MR) is 119 cm³/mol. The Labute approximate surface area is 181 Å². The number of aryl methyl sites for hydroxylation is 1. The van der Waals surface area contributed by atoms with Crippen molar-refractivity contribution in [1.82, 2.24) is 20.0 Å². The first kappa shape index (κ1) is 21.7. The summed E-state index contributed by atoms with van der Waals surface area (Å²) in [7, 11) is 1.83. The van der Waals surface area contributed by atoms with Crippen LogP contribution in [-0.4, -0.2) is 52.7 Å². The summed E-state index contributed by atoms with van der Waals surface area (Å²) in [4.78, 5) is 21.0. The van der Waals surface area contributed by atoms with Crippen molar-refractivity contribution in [3.8, 4) is 6.07 Å². The van der Waals surface area contributed by atoms with Gasteiger partial charge in [0.05, 0.1) is 30.1 Å². The van der Waals surface area contributed by atoms with Gasteiger partial charge < -0.3 is 15.1 Å². The van der Waals surface area contributed by atoms with Gasteiger partial charge in [-0.2, -0.15) is 10.4 Å². The fourth-order valence-corrected chi connectivity index (χ4v) is 3.01. The average Bonchev–Trinajstić information content (AvgIpc) is 3.11. The highest BCUT2D eigenvalue weighted by atomic mass is 127. The molecule has 28 heavy (non-hydrogen) atoms. The number of rotatable bonds is 4. The number of halogens is 1. The second-order valence-corrected chi connectivity index (χ2v) is 6.32. The Hall–Kier alpha value is -2.61. The summed E-state index contributed by atoms with van der Waals surface area (Å²) < 4.78 is 1.69. The van der Waals surface area contributed by atoms with Crippen LogP contribution in [0.3, 0.4) is 0 Å². The van der Waals surface area contributed by atoms with E-state index in [0.717, 1.165) is 11.3 Å². The smallest absolute Gasteiger partial charge is 0.246 e. The molecule has 148 valence electrons. The number of nitrogens with zero attached hydrogens (tertiary/aromatic N) is 6. The minimum Gasteiger partial charge on any atom is -0.356 e. The van der Waals surface area contributed by atoms with E-state index < -0.39 is 0 Å². The number of carbonyl (C=O) groups is 1. The highest BCUT2D eigenvalue weighted by molar-refractivity contribution is 14.0. The highest BCUT2D eigenvalue weighted by Gasteiger charge is 2.27. The van der Waals surface area contributed by atoms with Gasteiger partial charge in [0.15, 0.2) is 5.96 Å². The van der Waals surface area contributed by atoms with Crippen molar-refractivity contribution in [1.29, 1.82) is 5.26 Å². The van der Waals surface area contributed by atoms with Crippen molar-refractivity contribution in [3.63, 3.8) is 0 Å². The molecule has 1 saturated heterocycles. The number of hydrogen-bond donors (Lipinski definition) is 1. The molecule has 1 N–H and O–H groups in total. The van der Waals surface area contributed by atoms with Gasteiger partial charge in [-0.15, -0.1) is 24.0 Å². The summed E-state index contributed by atoms with van der Waals surface area (Å²) in [5, 5.41) is 16.4. The highest BCUT2D eigenvalue weighted by Crippen LogP contribution is 2.16. The summed E-state index contributed by atoms with van der Waals surface area (Å²) >= 11 is 0. The molecule has 1 aliphatic heterocycles. The molecule has 0 saturated carbocycles. The summed E-state index contributed by atoms with van der Waals surface area (Å²) in [5.41, 5.74) is 2.40. The molecule has 2 aromatic rings. The maximum Gasteiger partial charge on any atom is 0.246 e. The number of anilines is 1. The third-order valence-electron chi connectivity index (χ3n) is 4.33. The molecular weight excluding hydrogens is 469 g/mol. The van der Waals surface area contributed by atoms with Crippen LogP contribution in [0.5, 0.6) is 0 Å². The molecule has 1 aromatic carbocycles. The van der Waals surface area contributed by atoms with Crippen LogP contribution in [0.2, 0.25) is 0 Å². The molecule has 0 bridgehead atoms. The molecule has 0 unspecified atom stereocenters. The van der Waals surface area contributed by atoms with E-state index in [9.17, 15) is 4.79 Å². The molecule has 8 nitrogen and oxygen atoms in total. The van der Waals surface area contributed by atoms with Gasteiger partial charge in [-0.3, -0.25) is 9.48 Å². The molecule has 2 heterocycles. The van der Waals surface area contributed by atoms with Crippen molar-refractivity contribution < 1.29 is 4.79 Å². The summed E-state index contributed by atoms with van der Waals surface area (Å²) in [6, 6.07) is 9.54. The molecule has 0 aliphatic carbocycles. The van der Waals surface area contributed by atoms with Crippen LogP contribution in [0, 0.1) is 11.3 Å². The SMILES string of the molecule is CCNC(=NCc1cccc(C#N)c1)N1CCN(c2cnn(C)c2)C(=O)C1.I. The molecular formula is C19H24IN7O. The largest absolute Gasteiger partial charge is 0.356 e. The van der Waals surface area contributed by atoms with E-state index in [1.54, 1.807) is 21.8 Å². The van der Waals surface area contributed by atoms with Crippen LogP contribution in [0.1, 0.15) is 18.1 Å². The maximum atomic E-state index is 12.6. The number of nitriles is 1. The van der Waals surface area contributed by atoms with E-state index in [1.807, 2.05) is 43.3 Å². The van der Waals surface area contributed by atoms with E-state index in [0.29, 0.717) is 37.7 Å². The number of aromatic nitrogens is 2. The summed E-state index contributed by atoms with van der Waals surface area (Å²) in [6.45, 7) is 4.70. The van der Waals surface area contributed by atoms with Gasteiger partial charge in [-0.25, -0.2) is 4.99 Å². The summed E-state index contributed by atoms with van der Waals surface area (Å²) in [6.07, 6.45) is 3.55. The van der Waals surface area contributed by atoms with Gasteiger partial charge in [0, 0.05) is 32.9 Å². The minimum absolute atomic E-state index is 0. The Balaban J connectivity index is 0.00000280. The first-order chi connectivity index (χ1) is 13.1. The molecule has 1 amide bonds. The van der Waals surface area contributed by atoms with Gasteiger partial charge in [-0.1, -0.05) is 12.1 Å². The number of guanidine groups is 1. The van der Waals surface area contributed by atoms with Gasteiger partial charge in [0.1, 0.15) is 6.54 Å². The lowest BCUT2D eigenvalue weighted by molar-refractivity contribution is -0.120. The summed E-state index contributed by atoms with van der Waals surface area (Å²) in [5.74, 6) is 0.727. The number of nitrogens with one attached hydrogen (secondary N) is 1. The van der Waals surface area contributed by atoms with Gasteiger partial charge >= 0.3 is 0 Å². The van der Waals surface area contributed by atoms with Crippen LogP contribution in [-0.2, 0) is 18.4 Å². The van der Waals surface area contributed by atoms with E-state index in [-0.39, 0.29) is 36.4 Å². The number of benzene rings is 1. The van der Waals surface area contributed by atoms with Crippen molar-refractivity contribution in [2.45, 2.75) is 13.5 Å². The number of amides is 1. The second kappa shape index (κ2) is 10.1. The van der Waals surface area contributed by atoms with Crippen molar-refractivity contribution >= 4 is 41.5 Å². The topological polar surface area (TPSA) is 89.6 Å². The number of carbonyl (C=O) groups excluding carboxylic acids is 1. The first-order valence-corrected chi connectivity index (χ1v) is 8.92. The lowest BCUT2D eigenvalue weighted by Gasteiger charge is -2.35. The van der Waals surface area contributed by atoms with E-state index in [2.05, 4.69) is 21.5 Å². The van der Waals surface area contributed by atoms with Gasteiger partial charge in [0.25, 0.3) is 0 Å². The lowest BCUT2D eigenvalue weighted by atomic mass is 10.1. The van der Waals surface area contributed by atoms with Crippen LogP contribution < -0.4 is 10.2 Å². The van der Waals surface area contributed by atoms with Crippen LogP contribution in [0.4, 0.5) is 5.69 Å². The third-order valence-corrected chi connectivity index (χ3v) is 4.33. The molecule has 1 aromatic heterocycles. The Morgan fingerprint density at radius 3 is 2.86 bits per heavy atom. The Bertz CT molecular complexity index is 886. The van der Waals surface area contributed by atoms with Crippen LogP contribution in [0.25, 0.3) is 0 Å². The molecule has 0 spiro atoms. The van der Waals surface area contributed by atoms with Crippen molar-refractivity contribution in [3.05, 3.63) is 47.8 Å². The standard InChI is InChI=1S/C19H23N7O.HI/c1-3-21-19(22-11-16-6-4-5-15(9-16)10-20)25-7-8-26(18(27)14-25)17-12-23-24(2)13-17;/h4-6,9,12-13H,3,7-8,11,14H2,1-2H3,(H,21,22);1H. The number of piperazine rings is 1. The van der Waals surface area contributed by atoms with Gasteiger partial charge in [0.2, 0.25) is 5.91 Å². The predicted octanol–water partition coefficient (Wildman–Crippen LogP) is 1.72. The van der Waals surface area contributed by atoms with E-state index in [4.69, 9.17) is 5.26 Å². The maximum absolute atomic E-state index is 12.6. The minimum atomic E-state index is 0. The molecule has 0 radical (unpaired) electrons. The Morgan fingerprint density at radius 1 is 1.39 bits per heavy atom. The Kier molecular flexibility index (Phi) is 7.80. The quantitative estimate of drug-likeness (QED) is 0.398. The monoisotopic (exact) mass is 493 g/mol. The zero-order chi connectivity index (χ0) is 19.2. The molecule has 1 fully saturated rings. The van der Waals surface area contributed by atoms with E-state index >= 15 is 0 Å². The fraction of sp³-hybridized carbons (Fsp3) is 0.368. The third kappa shape index (κ3) is 5.22. The van der Waals surface area contributed by atoms with Crippen LogP contribution >= 0.6 is 24.0 Å². The second-order valence-electron chi connectivity index (χ2n) is 6.32. The molecule has 3 rings (SSSR count). The fourth-order valence-electron chi connectivity index (χ4n) is 3.01. The number of aliphatic imine (C=N–C) groups is 1. The average molecular weight is 493 g/mol. The number of hydrogen-bond acceptors (Lipinski definition) is 4. The normalized spacial score (nSPS) is 14.5. The van der Waals surface area contributed by atoms with Gasteiger partial charge in [-0.05, 0) is 24.6 Å². The van der Waals surface area contributed by atoms with Crippen molar-refractivity contribution in [2.75, 3.05) is 31.1 Å². The van der Waals surface area contributed by atoms with Crippen LogP contribution in [0.15, 0.2) is 41.7 Å². The molecule has 0 atom stereocenters. The zero-order valence-corrected chi connectivity index (χ0v) is 18.3.